The summed E-state index contributed by atoms with van der Waals surface area (Å²) in [6, 6.07) is 10.2. The van der Waals surface area contributed by atoms with Crippen LogP contribution in [0.15, 0.2) is 42.6 Å². The van der Waals surface area contributed by atoms with Gasteiger partial charge in [-0.25, -0.2) is 9.37 Å². The summed E-state index contributed by atoms with van der Waals surface area (Å²) in [4.78, 5) is 18.7. The minimum atomic E-state index is -0.412. The number of halogens is 1. The minimum Gasteiger partial charge on any atom is -0.490 e. The van der Waals surface area contributed by atoms with Crippen LogP contribution in [0.2, 0.25) is 0 Å². The van der Waals surface area contributed by atoms with Crippen LogP contribution < -0.4 is 10.1 Å². The van der Waals surface area contributed by atoms with E-state index in [2.05, 4.69) is 10.3 Å². The molecule has 1 unspecified atom stereocenters. The number of anilines is 1. The van der Waals surface area contributed by atoms with E-state index in [9.17, 15) is 9.18 Å². The SMILES string of the molecule is CNc1cc(C2CCCN2C(=O)CCOc2ccccc2F)ccn1. The highest BCUT2D eigenvalue weighted by molar-refractivity contribution is 5.77. The predicted octanol–water partition coefficient (Wildman–Crippen LogP) is 3.40. The zero-order chi connectivity index (χ0) is 17.6. The zero-order valence-electron chi connectivity index (χ0n) is 14.2. The van der Waals surface area contributed by atoms with E-state index in [4.69, 9.17) is 4.74 Å². The topological polar surface area (TPSA) is 54.5 Å². The predicted molar refractivity (Wildman–Crippen MR) is 94.0 cm³/mol. The van der Waals surface area contributed by atoms with Gasteiger partial charge < -0.3 is 15.0 Å². The number of carbonyl (C=O) groups excluding carboxylic acids is 1. The highest BCUT2D eigenvalue weighted by Gasteiger charge is 2.29. The zero-order valence-corrected chi connectivity index (χ0v) is 14.2. The molecule has 1 N–H and O–H groups in total. The van der Waals surface area contributed by atoms with Gasteiger partial charge in [0.25, 0.3) is 0 Å². The highest BCUT2D eigenvalue weighted by atomic mass is 19.1. The monoisotopic (exact) mass is 343 g/mol. The standard InChI is InChI=1S/C19H22FN3O2/c1-21-18-13-14(8-10-22-18)16-6-4-11-23(16)19(24)9-12-25-17-7-3-2-5-15(17)20/h2-3,5,7-8,10,13,16H,4,6,9,11-12H2,1H3,(H,21,22). The Kier molecular flexibility index (Phi) is 5.48. The van der Waals surface area contributed by atoms with Crippen LogP contribution in [-0.4, -0.2) is 36.0 Å². The second-order valence-electron chi connectivity index (χ2n) is 6.00. The molecule has 6 heteroatoms. The first-order chi connectivity index (χ1) is 12.2. The van der Waals surface area contributed by atoms with Crippen molar-refractivity contribution in [2.75, 3.05) is 25.5 Å². The first-order valence-electron chi connectivity index (χ1n) is 8.49. The van der Waals surface area contributed by atoms with Crippen molar-refractivity contribution in [1.82, 2.24) is 9.88 Å². The fraction of sp³-hybridized carbons (Fsp3) is 0.368. The molecule has 1 aromatic carbocycles. The van der Waals surface area contributed by atoms with Gasteiger partial charge in [-0.15, -0.1) is 0 Å². The summed E-state index contributed by atoms with van der Waals surface area (Å²) in [5.74, 6) is 0.591. The summed E-state index contributed by atoms with van der Waals surface area (Å²) in [6.45, 7) is 0.904. The van der Waals surface area contributed by atoms with Crippen LogP contribution in [0.3, 0.4) is 0 Å². The quantitative estimate of drug-likeness (QED) is 0.873. The van der Waals surface area contributed by atoms with Crippen molar-refractivity contribution in [3.8, 4) is 5.75 Å². The number of benzene rings is 1. The molecule has 1 atom stereocenters. The summed E-state index contributed by atoms with van der Waals surface area (Å²) in [5.41, 5.74) is 1.08. The van der Waals surface area contributed by atoms with E-state index in [0.29, 0.717) is 0 Å². The molecule has 2 aromatic rings. The molecule has 1 aliphatic rings. The molecule has 1 aromatic heterocycles. The molecule has 5 nitrogen and oxygen atoms in total. The van der Waals surface area contributed by atoms with E-state index in [1.165, 1.54) is 6.07 Å². The number of para-hydroxylation sites is 1. The number of carbonyl (C=O) groups is 1. The van der Waals surface area contributed by atoms with Crippen LogP contribution in [0.25, 0.3) is 0 Å². The maximum absolute atomic E-state index is 13.5. The lowest BCUT2D eigenvalue weighted by Crippen LogP contribution is -2.31. The second-order valence-corrected chi connectivity index (χ2v) is 6.00. The van der Waals surface area contributed by atoms with Gasteiger partial charge in [0.1, 0.15) is 5.82 Å². The molecule has 1 aliphatic heterocycles. The Morgan fingerprint density at radius 1 is 1.40 bits per heavy atom. The van der Waals surface area contributed by atoms with Gasteiger partial charge in [-0.1, -0.05) is 12.1 Å². The Morgan fingerprint density at radius 3 is 3.04 bits per heavy atom. The van der Waals surface area contributed by atoms with Gasteiger partial charge in [0.2, 0.25) is 5.91 Å². The van der Waals surface area contributed by atoms with Crippen LogP contribution >= 0.6 is 0 Å². The maximum Gasteiger partial charge on any atom is 0.226 e. The fourth-order valence-electron chi connectivity index (χ4n) is 3.16. The van der Waals surface area contributed by atoms with Gasteiger partial charge in [-0.2, -0.15) is 0 Å². The Hall–Kier alpha value is -2.63. The van der Waals surface area contributed by atoms with E-state index < -0.39 is 5.82 Å². The highest BCUT2D eigenvalue weighted by Crippen LogP contribution is 2.33. The largest absolute Gasteiger partial charge is 0.490 e. The first kappa shape index (κ1) is 17.2. The number of nitrogens with one attached hydrogen (secondary N) is 1. The minimum absolute atomic E-state index is 0.0293. The van der Waals surface area contributed by atoms with Crippen molar-refractivity contribution < 1.29 is 13.9 Å². The van der Waals surface area contributed by atoms with Gasteiger partial charge in [0.15, 0.2) is 11.6 Å². The van der Waals surface area contributed by atoms with Crippen LogP contribution in [-0.2, 0) is 4.79 Å². The molecule has 0 bridgehead atoms. The van der Waals surface area contributed by atoms with E-state index in [1.54, 1.807) is 24.4 Å². The molecule has 1 saturated heterocycles. The molecular formula is C19H22FN3O2. The third-order valence-corrected chi connectivity index (χ3v) is 4.41. The molecule has 3 rings (SSSR count). The van der Waals surface area contributed by atoms with Gasteiger partial charge in [0.05, 0.1) is 19.1 Å². The Bertz CT molecular complexity index is 738. The molecule has 25 heavy (non-hydrogen) atoms. The third kappa shape index (κ3) is 4.07. The van der Waals surface area contributed by atoms with Crippen molar-refractivity contribution in [2.24, 2.45) is 0 Å². The molecule has 0 saturated carbocycles. The molecule has 1 fully saturated rings. The smallest absolute Gasteiger partial charge is 0.226 e. The van der Waals surface area contributed by atoms with Crippen molar-refractivity contribution in [1.29, 1.82) is 0 Å². The average molecular weight is 343 g/mol. The Labute approximate surface area is 146 Å². The van der Waals surface area contributed by atoms with E-state index in [-0.39, 0.29) is 30.7 Å². The summed E-state index contributed by atoms with van der Waals surface area (Å²) in [6.07, 6.45) is 3.90. The lowest BCUT2D eigenvalue weighted by atomic mass is 10.1. The number of hydrogen-bond donors (Lipinski definition) is 1. The fourth-order valence-corrected chi connectivity index (χ4v) is 3.16. The van der Waals surface area contributed by atoms with Gasteiger partial charge in [-0.05, 0) is 42.7 Å². The summed E-state index contributed by atoms with van der Waals surface area (Å²) < 4.78 is 18.9. The van der Waals surface area contributed by atoms with Crippen LogP contribution in [0.1, 0.15) is 30.9 Å². The Balaban J connectivity index is 1.60. The van der Waals surface area contributed by atoms with Crippen molar-refractivity contribution in [3.63, 3.8) is 0 Å². The van der Waals surface area contributed by atoms with Crippen molar-refractivity contribution in [3.05, 3.63) is 54.0 Å². The summed E-state index contributed by atoms with van der Waals surface area (Å²) in [5, 5.41) is 3.02. The van der Waals surface area contributed by atoms with E-state index in [1.807, 2.05) is 24.1 Å². The van der Waals surface area contributed by atoms with Gasteiger partial charge in [0, 0.05) is 19.8 Å². The normalized spacial score (nSPS) is 16.7. The number of likely N-dealkylation sites (tertiary alicyclic amines) is 1. The number of hydrogen-bond acceptors (Lipinski definition) is 4. The first-order valence-corrected chi connectivity index (χ1v) is 8.49. The number of ether oxygens (including phenoxy) is 1. The lowest BCUT2D eigenvalue weighted by Gasteiger charge is -2.25. The number of rotatable bonds is 6. The summed E-state index contributed by atoms with van der Waals surface area (Å²) >= 11 is 0. The lowest BCUT2D eigenvalue weighted by molar-refractivity contribution is -0.132. The summed E-state index contributed by atoms with van der Waals surface area (Å²) in [7, 11) is 1.82. The molecule has 0 radical (unpaired) electrons. The van der Waals surface area contributed by atoms with E-state index in [0.717, 1.165) is 30.8 Å². The van der Waals surface area contributed by atoms with Crippen LogP contribution in [0.5, 0.6) is 5.75 Å². The number of amides is 1. The number of nitrogens with zero attached hydrogens (tertiary/aromatic N) is 2. The van der Waals surface area contributed by atoms with Gasteiger partial charge >= 0.3 is 0 Å². The maximum atomic E-state index is 13.5. The van der Waals surface area contributed by atoms with Gasteiger partial charge in [-0.3, -0.25) is 4.79 Å². The second kappa shape index (κ2) is 7.96. The molecular weight excluding hydrogens is 321 g/mol. The molecule has 0 spiro atoms. The van der Waals surface area contributed by atoms with Crippen LogP contribution in [0, 0.1) is 5.82 Å². The molecule has 0 aliphatic carbocycles. The number of aromatic nitrogens is 1. The molecule has 2 heterocycles. The average Bonchev–Trinajstić information content (AvgIpc) is 3.13. The van der Waals surface area contributed by atoms with Crippen molar-refractivity contribution >= 4 is 11.7 Å². The molecule has 1 amide bonds. The third-order valence-electron chi connectivity index (χ3n) is 4.41. The van der Waals surface area contributed by atoms with Crippen molar-refractivity contribution in [2.45, 2.75) is 25.3 Å². The molecule has 132 valence electrons. The number of pyridine rings is 1. The van der Waals surface area contributed by atoms with E-state index >= 15 is 0 Å². The van der Waals surface area contributed by atoms with Crippen LogP contribution in [0.4, 0.5) is 10.2 Å². The Morgan fingerprint density at radius 2 is 2.24 bits per heavy atom.